The zero-order valence-electron chi connectivity index (χ0n) is 17.2. The molecule has 0 unspecified atom stereocenters. The van der Waals surface area contributed by atoms with Gasteiger partial charge in [-0.15, -0.1) is 6.42 Å². The van der Waals surface area contributed by atoms with Gasteiger partial charge in [0.15, 0.2) is 0 Å². The molecule has 2 saturated carbocycles. The molecule has 0 bridgehead atoms. The first kappa shape index (κ1) is 19.7. The van der Waals surface area contributed by atoms with Crippen molar-refractivity contribution in [2.45, 2.75) is 38.0 Å². The maximum Gasteiger partial charge on any atom is 0.225 e. The van der Waals surface area contributed by atoms with E-state index in [1.165, 1.54) is 11.6 Å². The lowest BCUT2D eigenvalue weighted by atomic mass is 9.89. The van der Waals surface area contributed by atoms with Gasteiger partial charge in [0.2, 0.25) is 5.91 Å². The minimum Gasteiger partial charge on any atom is -0.311 e. The van der Waals surface area contributed by atoms with Crippen molar-refractivity contribution >= 4 is 22.6 Å². The Morgan fingerprint density at radius 3 is 2.61 bits per heavy atom. The Balaban J connectivity index is 1.20. The lowest BCUT2D eigenvalue weighted by Gasteiger charge is -2.17. The number of hydrogen-bond acceptors (Lipinski definition) is 3. The number of nitrogens with zero attached hydrogens (tertiary/aromatic N) is 2. The van der Waals surface area contributed by atoms with Gasteiger partial charge in [-0.25, -0.2) is 9.37 Å². The Labute approximate surface area is 181 Å². The van der Waals surface area contributed by atoms with E-state index in [-0.39, 0.29) is 11.7 Å². The number of hydrogen-bond donors (Lipinski definition) is 1. The van der Waals surface area contributed by atoms with Crippen LogP contribution in [0.15, 0.2) is 48.8 Å². The molecule has 1 aromatic carbocycles. The van der Waals surface area contributed by atoms with E-state index in [9.17, 15) is 9.18 Å². The molecule has 2 aromatic heterocycles. The van der Waals surface area contributed by atoms with E-state index < -0.39 is 0 Å². The normalized spacial score (nSPS) is 24.6. The molecule has 0 radical (unpaired) electrons. The average Bonchev–Trinajstić information content (AvgIpc) is 3.32. The van der Waals surface area contributed by atoms with Crippen molar-refractivity contribution in [1.82, 2.24) is 9.97 Å². The number of benzene rings is 1. The van der Waals surface area contributed by atoms with Crippen LogP contribution in [-0.4, -0.2) is 15.9 Å². The number of amides is 1. The summed E-state index contributed by atoms with van der Waals surface area (Å²) in [6.07, 6.45) is 13.7. The summed E-state index contributed by atoms with van der Waals surface area (Å²) in [6.45, 7) is 0. The minimum absolute atomic E-state index is 0.0121. The van der Waals surface area contributed by atoms with Crippen molar-refractivity contribution in [3.63, 3.8) is 0 Å². The number of rotatable bonds is 4. The highest BCUT2D eigenvalue weighted by atomic mass is 19.1. The number of carbonyl (C=O) groups is 1. The Bertz CT molecular complexity index is 1150. The number of terminal acetylenes is 1. The predicted molar refractivity (Wildman–Crippen MR) is 119 cm³/mol. The van der Waals surface area contributed by atoms with Crippen molar-refractivity contribution in [3.8, 4) is 12.3 Å². The van der Waals surface area contributed by atoms with Gasteiger partial charge >= 0.3 is 0 Å². The Morgan fingerprint density at radius 2 is 1.90 bits per heavy atom. The molecule has 2 aliphatic rings. The van der Waals surface area contributed by atoms with E-state index in [1.807, 2.05) is 6.20 Å². The number of pyridine rings is 2. The van der Waals surface area contributed by atoms with Gasteiger partial charge in [0.25, 0.3) is 0 Å². The first-order chi connectivity index (χ1) is 15.1. The summed E-state index contributed by atoms with van der Waals surface area (Å²) >= 11 is 0. The molecule has 3 aromatic rings. The zero-order valence-corrected chi connectivity index (χ0v) is 17.2. The zero-order chi connectivity index (χ0) is 21.4. The number of nitrogens with one attached hydrogen (secondary N) is 1. The van der Waals surface area contributed by atoms with Gasteiger partial charge < -0.3 is 5.32 Å². The van der Waals surface area contributed by atoms with Gasteiger partial charge in [-0.2, -0.15) is 0 Å². The fraction of sp³-hybridized carbons (Fsp3) is 0.346. The van der Waals surface area contributed by atoms with Crippen molar-refractivity contribution in [2.75, 3.05) is 5.32 Å². The monoisotopic (exact) mass is 413 g/mol. The van der Waals surface area contributed by atoms with Crippen LogP contribution in [0.25, 0.3) is 10.9 Å². The quantitative estimate of drug-likeness (QED) is 0.591. The summed E-state index contributed by atoms with van der Waals surface area (Å²) in [4.78, 5) is 21.1. The fourth-order valence-corrected chi connectivity index (χ4v) is 5.67. The highest BCUT2D eigenvalue weighted by molar-refractivity contribution is 5.90. The van der Waals surface area contributed by atoms with Crippen molar-refractivity contribution in [1.29, 1.82) is 0 Å². The van der Waals surface area contributed by atoms with Crippen LogP contribution in [-0.2, 0) is 4.79 Å². The molecule has 1 amide bonds. The van der Waals surface area contributed by atoms with Gasteiger partial charge in [0.1, 0.15) is 11.6 Å². The average molecular weight is 413 g/mol. The summed E-state index contributed by atoms with van der Waals surface area (Å²) in [6, 6.07) is 10.4. The summed E-state index contributed by atoms with van der Waals surface area (Å²) in [7, 11) is 0. The van der Waals surface area contributed by atoms with Crippen molar-refractivity contribution in [3.05, 3.63) is 65.7 Å². The SMILES string of the molecule is C#Cc1ccc(NC(=O)C[C@H]2C[C@@H]3C[C@H](c4ccnc5ccc(F)cc45)C[C@@H]3C2)nc1. The van der Waals surface area contributed by atoms with Crippen molar-refractivity contribution < 1.29 is 9.18 Å². The molecule has 1 N–H and O–H groups in total. The van der Waals surface area contributed by atoms with E-state index in [1.54, 1.807) is 30.5 Å². The number of carbonyl (C=O) groups excluding carboxylic acids is 1. The van der Waals surface area contributed by atoms with Gasteiger partial charge in [0.05, 0.1) is 5.52 Å². The summed E-state index contributed by atoms with van der Waals surface area (Å²) in [5, 5.41) is 3.82. The molecule has 4 nitrogen and oxygen atoms in total. The summed E-state index contributed by atoms with van der Waals surface area (Å²) in [5.41, 5.74) is 2.77. The molecule has 0 aliphatic heterocycles. The van der Waals surface area contributed by atoms with Crippen LogP contribution in [0.1, 0.15) is 49.1 Å². The molecular formula is C26H24FN3O. The molecule has 5 rings (SSSR count). The maximum absolute atomic E-state index is 13.8. The molecule has 0 saturated heterocycles. The van der Waals surface area contributed by atoms with Gasteiger partial charge in [-0.1, -0.05) is 5.92 Å². The molecule has 0 spiro atoms. The van der Waals surface area contributed by atoms with Gasteiger partial charge in [0, 0.05) is 29.8 Å². The fourth-order valence-electron chi connectivity index (χ4n) is 5.67. The highest BCUT2D eigenvalue weighted by Crippen LogP contribution is 2.53. The molecule has 31 heavy (non-hydrogen) atoms. The molecule has 2 heterocycles. The van der Waals surface area contributed by atoms with E-state index in [0.29, 0.717) is 41.5 Å². The van der Waals surface area contributed by atoms with Crippen LogP contribution in [0.2, 0.25) is 0 Å². The number of anilines is 1. The van der Waals surface area contributed by atoms with E-state index in [2.05, 4.69) is 27.3 Å². The van der Waals surface area contributed by atoms with Crippen LogP contribution in [0.3, 0.4) is 0 Å². The number of halogens is 1. The lowest BCUT2D eigenvalue weighted by Crippen LogP contribution is -2.16. The van der Waals surface area contributed by atoms with Crippen LogP contribution in [0.5, 0.6) is 0 Å². The topological polar surface area (TPSA) is 54.9 Å². The number of aromatic nitrogens is 2. The highest BCUT2D eigenvalue weighted by Gasteiger charge is 2.42. The van der Waals surface area contributed by atoms with Gasteiger partial charge in [-0.05, 0) is 91.3 Å². The second-order valence-corrected chi connectivity index (χ2v) is 8.92. The standard InChI is InChI=1S/C26H24FN3O/c1-2-16-3-6-25(29-15-16)30-26(31)11-17-9-18-12-20(13-19(18)10-17)22-7-8-28-24-5-4-21(27)14-23(22)24/h1,3-8,14-15,17-20H,9-13H2,(H,29,30,31)/t17-,18+,19-,20-. The van der Waals surface area contributed by atoms with Crippen molar-refractivity contribution in [2.24, 2.45) is 17.8 Å². The van der Waals surface area contributed by atoms with Crippen LogP contribution in [0, 0.1) is 35.9 Å². The summed E-state index contributed by atoms with van der Waals surface area (Å²) in [5.74, 6) is 4.97. The maximum atomic E-state index is 13.8. The molecule has 5 heteroatoms. The van der Waals surface area contributed by atoms with E-state index >= 15 is 0 Å². The molecule has 2 aliphatic carbocycles. The van der Waals surface area contributed by atoms with Gasteiger partial charge in [-0.3, -0.25) is 9.78 Å². The lowest BCUT2D eigenvalue weighted by molar-refractivity contribution is -0.117. The van der Waals surface area contributed by atoms with Crippen LogP contribution in [0.4, 0.5) is 10.2 Å². The third kappa shape index (κ3) is 4.03. The Kier molecular flexibility index (Phi) is 5.15. The molecule has 4 atom stereocenters. The second-order valence-electron chi connectivity index (χ2n) is 8.92. The van der Waals surface area contributed by atoms with E-state index in [0.717, 1.165) is 36.6 Å². The first-order valence-corrected chi connectivity index (χ1v) is 10.9. The first-order valence-electron chi connectivity index (χ1n) is 10.9. The largest absolute Gasteiger partial charge is 0.311 e. The minimum atomic E-state index is -0.213. The molecule has 2 fully saturated rings. The molecule has 156 valence electrons. The van der Waals surface area contributed by atoms with E-state index in [4.69, 9.17) is 6.42 Å². The third-order valence-corrected chi connectivity index (χ3v) is 6.96. The Morgan fingerprint density at radius 1 is 1.10 bits per heavy atom. The smallest absolute Gasteiger partial charge is 0.225 e. The number of fused-ring (bicyclic) bond motifs is 2. The third-order valence-electron chi connectivity index (χ3n) is 6.96. The summed E-state index contributed by atoms with van der Waals surface area (Å²) < 4.78 is 13.8. The Hall–Kier alpha value is -3.26. The van der Waals surface area contributed by atoms with Crippen LogP contribution < -0.4 is 5.32 Å². The molecular weight excluding hydrogens is 389 g/mol. The van der Waals surface area contributed by atoms with Crippen LogP contribution >= 0.6 is 0 Å². The second kappa shape index (κ2) is 8.11. The predicted octanol–water partition coefficient (Wildman–Crippen LogP) is 5.30.